The summed E-state index contributed by atoms with van der Waals surface area (Å²) in [6, 6.07) is 6.29. The van der Waals surface area contributed by atoms with Crippen LogP contribution in [0, 0.1) is 5.92 Å². The molecule has 1 aromatic carbocycles. The molecular formula is C13H16BrNO. The van der Waals surface area contributed by atoms with Gasteiger partial charge >= 0.3 is 0 Å². The van der Waals surface area contributed by atoms with Gasteiger partial charge in [-0.3, -0.25) is 0 Å². The first kappa shape index (κ1) is 10.6. The number of hydrogen-bond acceptors (Lipinski definition) is 2. The molecule has 86 valence electrons. The van der Waals surface area contributed by atoms with Gasteiger partial charge in [-0.25, -0.2) is 0 Å². The van der Waals surface area contributed by atoms with Crippen LogP contribution < -0.4 is 10.5 Å². The summed E-state index contributed by atoms with van der Waals surface area (Å²) < 4.78 is 7.14. The van der Waals surface area contributed by atoms with E-state index in [2.05, 4.69) is 22.0 Å². The molecule has 0 bridgehead atoms. The van der Waals surface area contributed by atoms with E-state index >= 15 is 0 Å². The lowest BCUT2D eigenvalue weighted by atomic mass is 9.77. The summed E-state index contributed by atoms with van der Waals surface area (Å²) in [6.45, 7) is 0. The second-order valence-corrected chi connectivity index (χ2v) is 5.79. The van der Waals surface area contributed by atoms with Crippen LogP contribution in [0.2, 0.25) is 0 Å². The lowest BCUT2D eigenvalue weighted by molar-refractivity contribution is 0.0579. The van der Waals surface area contributed by atoms with Crippen molar-refractivity contribution in [3.63, 3.8) is 0 Å². The van der Waals surface area contributed by atoms with Crippen molar-refractivity contribution < 1.29 is 4.74 Å². The van der Waals surface area contributed by atoms with E-state index in [1.807, 2.05) is 12.1 Å². The summed E-state index contributed by atoms with van der Waals surface area (Å²) in [6.07, 6.45) is 5.27. The third-order valence-corrected chi connectivity index (χ3v) is 4.31. The van der Waals surface area contributed by atoms with Crippen LogP contribution in [0.5, 0.6) is 5.75 Å². The number of nitrogens with two attached hydrogens (primary N) is 1. The minimum atomic E-state index is 0.141. The van der Waals surface area contributed by atoms with Gasteiger partial charge in [0.25, 0.3) is 0 Å². The molecule has 1 aromatic rings. The lowest BCUT2D eigenvalue weighted by Gasteiger charge is -2.39. The summed E-state index contributed by atoms with van der Waals surface area (Å²) in [5, 5.41) is 0. The van der Waals surface area contributed by atoms with Crippen molar-refractivity contribution in [2.24, 2.45) is 11.7 Å². The third kappa shape index (κ3) is 1.76. The SMILES string of the molecule is N[C@H]1CC(C2CCC2)Oc2cc(Br)ccc21. The van der Waals surface area contributed by atoms with E-state index in [4.69, 9.17) is 10.5 Å². The van der Waals surface area contributed by atoms with Crippen LogP contribution in [0.3, 0.4) is 0 Å². The topological polar surface area (TPSA) is 35.2 Å². The third-order valence-electron chi connectivity index (χ3n) is 3.82. The zero-order chi connectivity index (χ0) is 11.1. The molecule has 2 N–H and O–H groups in total. The van der Waals surface area contributed by atoms with Crippen molar-refractivity contribution in [2.45, 2.75) is 37.8 Å². The molecule has 1 heterocycles. The Morgan fingerprint density at radius 1 is 1.31 bits per heavy atom. The Labute approximate surface area is 104 Å². The number of hydrogen-bond donors (Lipinski definition) is 1. The summed E-state index contributed by atoms with van der Waals surface area (Å²) in [5.74, 6) is 1.71. The minimum absolute atomic E-state index is 0.141. The normalized spacial score (nSPS) is 29.1. The Balaban J connectivity index is 1.88. The van der Waals surface area contributed by atoms with Crippen LogP contribution in [0.15, 0.2) is 22.7 Å². The summed E-state index contributed by atoms with van der Waals surface area (Å²) in [7, 11) is 0. The molecule has 3 rings (SSSR count). The zero-order valence-corrected chi connectivity index (χ0v) is 10.7. The quantitative estimate of drug-likeness (QED) is 0.856. The molecule has 0 saturated heterocycles. The highest BCUT2D eigenvalue weighted by atomic mass is 79.9. The van der Waals surface area contributed by atoms with Crippen molar-refractivity contribution in [3.8, 4) is 5.75 Å². The highest BCUT2D eigenvalue weighted by Gasteiger charge is 2.34. The highest BCUT2D eigenvalue weighted by molar-refractivity contribution is 9.10. The number of halogens is 1. The van der Waals surface area contributed by atoms with E-state index in [-0.39, 0.29) is 6.04 Å². The lowest BCUT2D eigenvalue weighted by Crippen LogP contribution is -2.38. The van der Waals surface area contributed by atoms with Crippen LogP contribution in [0.4, 0.5) is 0 Å². The predicted molar refractivity (Wildman–Crippen MR) is 67.4 cm³/mol. The number of fused-ring (bicyclic) bond motifs is 1. The predicted octanol–water partition coefficient (Wildman–Crippen LogP) is 3.40. The summed E-state index contributed by atoms with van der Waals surface area (Å²) in [5.41, 5.74) is 7.36. The van der Waals surface area contributed by atoms with Crippen molar-refractivity contribution in [3.05, 3.63) is 28.2 Å². The van der Waals surface area contributed by atoms with Gasteiger partial charge in [0.05, 0.1) is 0 Å². The maximum atomic E-state index is 6.21. The maximum absolute atomic E-state index is 6.21. The van der Waals surface area contributed by atoms with Gasteiger partial charge in [0, 0.05) is 22.5 Å². The highest BCUT2D eigenvalue weighted by Crippen LogP contribution is 2.41. The standard InChI is InChI=1S/C13H16BrNO/c14-9-4-5-10-11(15)7-12(8-2-1-3-8)16-13(10)6-9/h4-6,8,11-12H,1-3,7,15H2/t11-,12?/m0/s1. The van der Waals surface area contributed by atoms with Crippen molar-refractivity contribution >= 4 is 15.9 Å². The fraction of sp³-hybridized carbons (Fsp3) is 0.538. The number of ether oxygens (including phenoxy) is 1. The van der Waals surface area contributed by atoms with Gasteiger partial charge < -0.3 is 10.5 Å². The maximum Gasteiger partial charge on any atom is 0.125 e. The monoisotopic (exact) mass is 281 g/mol. The minimum Gasteiger partial charge on any atom is -0.490 e. The number of rotatable bonds is 1. The molecule has 3 heteroatoms. The van der Waals surface area contributed by atoms with Crippen LogP contribution in [-0.4, -0.2) is 6.10 Å². The molecule has 2 nitrogen and oxygen atoms in total. The van der Waals surface area contributed by atoms with Crippen molar-refractivity contribution in [2.75, 3.05) is 0 Å². The van der Waals surface area contributed by atoms with Crippen LogP contribution in [0.25, 0.3) is 0 Å². The van der Waals surface area contributed by atoms with Gasteiger partial charge in [-0.1, -0.05) is 28.4 Å². The molecule has 1 fully saturated rings. The van der Waals surface area contributed by atoms with E-state index < -0.39 is 0 Å². The Bertz CT molecular complexity index is 403. The molecule has 0 amide bonds. The van der Waals surface area contributed by atoms with E-state index in [1.54, 1.807) is 0 Å². The van der Waals surface area contributed by atoms with E-state index in [9.17, 15) is 0 Å². The summed E-state index contributed by atoms with van der Waals surface area (Å²) in [4.78, 5) is 0. The first-order valence-corrected chi connectivity index (χ1v) is 6.75. The van der Waals surface area contributed by atoms with Gasteiger partial charge in [-0.05, 0) is 30.9 Å². The van der Waals surface area contributed by atoms with Crippen molar-refractivity contribution in [1.29, 1.82) is 0 Å². The van der Waals surface area contributed by atoms with E-state index in [0.717, 1.165) is 28.1 Å². The molecular weight excluding hydrogens is 266 g/mol. The fourth-order valence-corrected chi connectivity index (χ4v) is 2.95. The Hall–Kier alpha value is -0.540. The largest absolute Gasteiger partial charge is 0.490 e. The first-order chi connectivity index (χ1) is 7.74. The smallest absolute Gasteiger partial charge is 0.125 e. The number of benzene rings is 1. The molecule has 0 radical (unpaired) electrons. The van der Waals surface area contributed by atoms with Crippen LogP contribution in [-0.2, 0) is 0 Å². The fourth-order valence-electron chi connectivity index (χ4n) is 2.61. The van der Waals surface area contributed by atoms with Gasteiger partial charge in [-0.15, -0.1) is 0 Å². The summed E-state index contributed by atoms with van der Waals surface area (Å²) >= 11 is 3.48. The van der Waals surface area contributed by atoms with Gasteiger partial charge in [-0.2, -0.15) is 0 Å². The molecule has 1 unspecified atom stereocenters. The molecule has 0 aromatic heterocycles. The first-order valence-electron chi connectivity index (χ1n) is 5.96. The van der Waals surface area contributed by atoms with Gasteiger partial charge in [0.15, 0.2) is 0 Å². The van der Waals surface area contributed by atoms with E-state index in [0.29, 0.717) is 6.10 Å². The zero-order valence-electron chi connectivity index (χ0n) is 9.16. The van der Waals surface area contributed by atoms with Crippen molar-refractivity contribution in [1.82, 2.24) is 0 Å². The average Bonchev–Trinajstić information content (AvgIpc) is 2.13. The van der Waals surface area contributed by atoms with Crippen LogP contribution in [0.1, 0.15) is 37.3 Å². The molecule has 1 saturated carbocycles. The Morgan fingerprint density at radius 3 is 2.81 bits per heavy atom. The van der Waals surface area contributed by atoms with Crippen LogP contribution >= 0.6 is 15.9 Å². The molecule has 1 aliphatic carbocycles. The second kappa shape index (κ2) is 4.04. The van der Waals surface area contributed by atoms with E-state index in [1.165, 1.54) is 19.3 Å². The Kier molecular flexibility index (Phi) is 2.68. The Morgan fingerprint density at radius 2 is 2.12 bits per heavy atom. The molecule has 0 spiro atoms. The molecule has 2 aliphatic rings. The van der Waals surface area contributed by atoms with Gasteiger partial charge in [0.2, 0.25) is 0 Å². The second-order valence-electron chi connectivity index (χ2n) is 4.87. The molecule has 1 aliphatic heterocycles. The average molecular weight is 282 g/mol. The molecule has 2 atom stereocenters. The van der Waals surface area contributed by atoms with Gasteiger partial charge in [0.1, 0.15) is 11.9 Å². The molecule has 16 heavy (non-hydrogen) atoms.